The molecule has 0 N–H and O–H groups in total. The Morgan fingerprint density at radius 3 is 2.57 bits per heavy atom. The minimum absolute atomic E-state index is 0.0208. The van der Waals surface area contributed by atoms with Gasteiger partial charge in [-0.1, -0.05) is 26.8 Å². The van der Waals surface area contributed by atoms with Gasteiger partial charge in [0.1, 0.15) is 0 Å². The summed E-state index contributed by atoms with van der Waals surface area (Å²) in [7, 11) is 0. The standard InChI is InChI=1S/C25H32F3N3O2S2/c1-24(2,3)21-16-31(15-19-5-4-10-33-19)23(35-21)29-22(32)20-13-18(25(26,27)28)7-6-17(20)14-30-8-11-34-12-9-30/h6-7,13,16,19H,4-5,8-12,14-15H2,1-3H3/b29-23-/t19-/m1/s1. The van der Waals surface area contributed by atoms with Crippen LogP contribution in [0.25, 0.3) is 0 Å². The Bertz CT molecular complexity index is 1110. The molecule has 0 unspecified atom stereocenters. The predicted octanol–water partition coefficient (Wildman–Crippen LogP) is 5.33. The summed E-state index contributed by atoms with van der Waals surface area (Å²) in [4.78, 5) is 21.5. The summed E-state index contributed by atoms with van der Waals surface area (Å²) in [5, 5.41) is 0. The van der Waals surface area contributed by atoms with Gasteiger partial charge in [0.05, 0.1) is 18.2 Å². The Hall–Kier alpha value is -1.62. The zero-order valence-corrected chi connectivity index (χ0v) is 22.0. The molecule has 0 aliphatic carbocycles. The van der Waals surface area contributed by atoms with Gasteiger partial charge in [0.25, 0.3) is 5.91 Å². The number of thioether (sulfide) groups is 1. The summed E-state index contributed by atoms with van der Waals surface area (Å²) < 4.78 is 48.2. The fourth-order valence-corrected chi connectivity index (χ4v) is 6.22. The van der Waals surface area contributed by atoms with Crippen LogP contribution in [0.1, 0.15) is 60.0 Å². The first kappa shape index (κ1) is 26.4. The van der Waals surface area contributed by atoms with Crippen molar-refractivity contribution in [3.05, 3.63) is 50.8 Å². The maximum absolute atomic E-state index is 13.5. The minimum atomic E-state index is -4.53. The smallest absolute Gasteiger partial charge is 0.376 e. The molecule has 3 heterocycles. The van der Waals surface area contributed by atoms with E-state index < -0.39 is 17.6 Å². The number of aromatic nitrogens is 1. The third-order valence-corrected chi connectivity index (χ3v) is 8.63. The molecular formula is C25H32F3N3O2S2. The van der Waals surface area contributed by atoms with E-state index in [0.29, 0.717) is 23.5 Å². The molecule has 2 saturated heterocycles. The molecule has 10 heteroatoms. The Morgan fingerprint density at radius 2 is 1.94 bits per heavy atom. The lowest BCUT2D eigenvalue weighted by molar-refractivity contribution is -0.137. The molecule has 0 radical (unpaired) electrons. The predicted molar refractivity (Wildman–Crippen MR) is 134 cm³/mol. The van der Waals surface area contributed by atoms with Crippen molar-refractivity contribution in [1.82, 2.24) is 9.47 Å². The lowest BCUT2D eigenvalue weighted by Gasteiger charge is -2.27. The number of amides is 1. The molecule has 2 aliphatic rings. The number of ether oxygens (including phenoxy) is 1. The van der Waals surface area contributed by atoms with E-state index in [1.807, 2.05) is 22.5 Å². The summed E-state index contributed by atoms with van der Waals surface area (Å²) in [6.07, 6.45) is -0.552. The van der Waals surface area contributed by atoms with E-state index in [4.69, 9.17) is 4.74 Å². The normalized spacial score (nSPS) is 20.5. The van der Waals surface area contributed by atoms with Crippen molar-refractivity contribution in [2.24, 2.45) is 4.99 Å². The number of carbonyl (C=O) groups excluding carboxylic acids is 1. The van der Waals surface area contributed by atoms with E-state index in [-0.39, 0.29) is 17.1 Å². The topological polar surface area (TPSA) is 46.8 Å². The summed E-state index contributed by atoms with van der Waals surface area (Å²) in [5.41, 5.74) is -0.375. The molecule has 1 atom stereocenters. The monoisotopic (exact) mass is 527 g/mol. The number of thiazole rings is 1. The molecule has 2 aliphatic heterocycles. The van der Waals surface area contributed by atoms with Crippen molar-refractivity contribution in [2.45, 2.75) is 64.4 Å². The van der Waals surface area contributed by atoms with E-state index in [0.717, 1.165) is 61.1 Å². The molecule has 1 aromatic carbocycles. The van der Waals surface area contributed by atoms with Crippen LogP contribution in [0.3, 0.4) is 0 Å². The molecule has 2 fully saturated rings. The maximum atomic E-state index is 13.5. The number of nitrogens with zero attached hydrogens (tertiary/aromatic N) is 3. The van der Waals surface area contributed by atoms with Crippen molar-refractivity contribution in [3.63, 3.8) is 0 Å². The Kier molecular flexibility index (Phi) is 8.15. The van der Waals surface area contributed by atoms with Crippen LogP contribution in [-0.2, 0) is 29.4 Å². The third kappa shape index (κ3) is 6.78. The van der Waals surface area contributed by atoms with Crippen LogP contribution in [-0.4, -0.2) is 52.7 Å². The van der Waals surface area contributed by atoms with Crippen molar-refractivity contribution < 1.29 is 22.7 Å². The largest absolute Gasteiger partial charge is 0.416 e. The highest BCUT2D eigenvalue weighted by Gasteiger charge is 2.32. The molecule has 1 amide bonds. The zero-order chi connectivity index (χ0) is 25.2. The number of alkyl halides is 3. The number of carbonyl (C=O) groups is 1. The number of hydrogen-bond acceptors (Lipinski definition) is 5. The fraction of sp³-hybridized carbons (Fsp3) is 0.600. The van der Waals surface area contributed by atoms with Gasteiger partial charge in [0.2, 0.25) is 0 Å². The number of benzene rings is 1. The highest BCUT2D eigenvalue weighted by Crippen LogP contribution is 2.31. The van der Waals surface area contributed by atoms with Crippen LogP contribution in [0.2, 0.25) is 0 Å². The lowest BCUT2D eigenvalue weighted by atomic mass is 9.95. The molecule has 35 heavy (non-hydrogen) atoms. The molecule has 2 aromatic rings. The van der Waals surface area contributed by atoms with E-state index in [2.05, 4.69) is 30.7 Å². The van der Waals surface area contributed by atoms with Gasteiger partial charge in [0.15, 0.2) is 4.80 Å². The number of hydrogen-bond donors (Lipinski definition) is 0. The van der Waals surface area contributed by atoms with Crippen LogP contribution in [0, 0.1) is 0 Å². The quantitative estimate of drug-likeness (QED) is 0.527. The average Bonchev–Trinajstić information content (AvgIpc) is 3.44. The lowest BCUT2D eigenvalue weighted by Crippen LogP contribution is -2.32. The van der Waals surface area contributed by atoms with Crippen LogP contribution in [0.5, 0.6) is 0 Å². The minimum Gasteiger partial charge on any atom is -0.376 e. The Morgan fingerprint density at radius 1 is 1.20 bits per heavy atom. The van der Waals surface area contributed by atoms with Gasteiger partial charge < -0.3 is 9.30 Å². The molecule has 1 aromatic heterocycles. The SMILES string of the molecule is CC(C)(C)c1cn(C[C@H]2CCCO2)/c(=N/C(=O)c2cc(C(F)(F)F)ccc2CN2CCSCC2)s1. The molecule has 192 valence electrons. The van der Waals surface area contributed by atoms with Crippen LogP contribution in [0.15, 0.2) is 29.4 Å². The van der Waals surface area contributed by atoms with Gasteiger partial charge in [-0.3, -0.25) is 9.69 Å². The first-order valence-electron chi connectivity index (χ1n) is 11.9. The zero-order valence-electron chi connectivity index (χ0n) is 20.4. The molecule has 4 rings (SSSR count). The van der Waals surface area contributed by atoms with Crippen LogP contribution >= 0.6 is 23.1 Å². The molecule has 0 saturated carbocycles. The van der Waals surface area contributed by atoms with E-state index >= 15 is 0 Å². The van der Waals surface area contributed by atoms with Crippen LogP contribution < -0.4 is 4.80 Å². The summed E-state index contributed by atoms with van der Waals surface area (Å²) >= 11 is 3.27. The second kappa shape index (κ2) is 10.8. The van der Waals surface area contributed by atoms with Gasteiger partial charge in [-0.15, -0.1) is 11.3 Å². The molecular weight excluding hydrogens is 495 g/mol. The summed E-state index contributed by atoms with van der Waals surface area (Å²) in [6.45, 7) is 9.67. The van der Waals surface area contributed by atoms with Gasteiger partial charge in [0, 0.05) is 54.4 Å². The van der Waals surface area contributed by atoms with Crippen LogP contribution in [0.4, 0.5) is 13.2 Å². The van der Waals surface area contributed by atoms with Gasteiger partial charge >= 0.3 is 6.18 Å². The molecule has 0 spiro atoms. The first-order valence-corrected chi connectivity index (χ1v) is 13.9. The Labute approximate surface area is 212 Å². The van der Waals surface area contributed by atoms with Crippen molar-refractivity contribution in [2.75, 3.05) is 31.2 Å². The van der Waals surface area contributed by atoms with Gasteiger partial charge in [-0.25, -0.2) is 0 Å². The van der Waals surface area contributed by atoms with Gasteiger partial charge in [-0.05, 0) is 36.0 Å². The van der Waals surface area contributed by atoms with Crippen molar-refractivity contribution in [1.29, 1.82) is 0 Å². The number of halogens is 3. The third-order valence-electron chi connectivity index (χ3n) is 6.25. The van der Waals surface area contributed by atoms with E-state index in [1.165, 1.54) is 17.4 Å². The Balaban J connectivity index is 1.72. The number of rotatable bonds is 5. The maximum Gasteiger partial charge on any atom is 0.416 e. The van der Waals surface area contributed by atoms with E-state index in [1.54, 1.807) is 0 Å². The summed E-state index contributed by atoms with van der Waals surface area (Å²) in [5.74, 6) is 1.31. The molecule has 5 nitrogen and oxygen atoms in total. The van der Waals surface area contributed by atoms with Crippen molar-refractivity contribution >= 4 is 29.0 Å². The van der Waals surface area contributed by atoms with E-state index in [9.17, 15) is 18.0 Å². The van der Waals surface area contributed by atoms with Crippen molar-refractivity contribution in [3.8, 4) is 0 Å². The average molecular weight is 528 g/mol. The first-order chi connectivity index (χ1) is 16.5. The molecule has 0 bridgehead atoms. The fourth-order valence-electron chi connectivity index (χ4n) is 4.19. The highest BCUT2D eigenvalue weighted by atomic mass is 32.2. The second-order valence-electron chi connectivity index (χ2n) is 10.1. The summed E-state index contributed by atoms with van der Waals surface area (Å²) in [6, 6.07) is 3.45. The van der Waals surface area contributed by atoms with Gasteiger partial charge in [-0.2, -0.15) is 29.9 Å². The highest BCUT2D eigenvalue weighted by molar-refractivity contribution is 7.99. The second-order valence-corrected chi connectivity index (χ2v) is 12.3.